The summed E-state index contributed by atoms with van der Waals surface area (Å²) in [6.07, 6.45) is 7.06. The van der Waals surface area contributed by atoms with Gasteiger partial charge in [0.15, 0.2) is 0 Å². The summed E-state index contributed by atoms with van der Waals surface area (Å²) in [7, 11) is 0. The second-order valence-corrected chi connectivity index (χ2v) is 3.05. The number of aromatic nitrogens is 3. The molecule has 1 heterocycles. The van der Waals surface area contributed by atoms with Crippen LogP contribution in [0.1, 0.15) is 25.3 Å². The SMILES string of the molecule is N[C@@H]1CCC[C@@H]1n1ccnn1. The molecule has 0 aromatic carbocycles. The van der Waals surface area contributed by atoms with Crippen molar-refractivity contribution in [1.29, 1.82) is 0 Å². The highest BCUT2D eigenvalue weighted by atomic mass is 15.4. The molecule has 1 aliphatic rings. The number of nitrogens with two attached hydrogens (primary N) is 1. The van der Waals surface area contributed by atoms with E-state index in [0.29, 0.717) is 6.04 Å². The molecule has 11 heavy (non-hydrogen) atoms. The fraction of sp³-hybridized carbons (Fsp3) is 0.714. The molecule has 1 aromatic heterocycles. The van der Waals surface area contributed by atoms with Gasteiger partial charge in [-0.3, -0.25) is 0 Å². The normalized spacial score (nSPS) is 31.0. The van der Waals surface area contributed by atoms with Gasteiger partial charge in [0.1, 0.15) is 0 Å². The van der Waals surface area contributed by atoms with Crippen molar-refractivity contribution in [3.63, 3.8) is 0 Å². The summed E-state index contributed by atoms with van der Waals surface area (Å²) >= 11 is 0. The lowest BCUT2D eigenvalue weighted by molar-refractivity contribution is 0.412. The summed E-state index contributed by atoms with van der Waals surface area (Å²) in [5.74, 6) is 0. The first-order chi connectivity index (χ1) is 5.38. The van der Waals surface area contributed by atoms with Gasteiger partial charge in [-0.1, -0.05) is 5.21 Å². The van der Waals surface area contributed by atoms with E-state index >= 15 is 0 Å². The van der Waals surface area contributed by atoms with Crippen LogP contribution < -0.4 is 5.73 Å². The largest absolute Gasteiger partial charge is 0.326 e. The van der Waals surface area contributed by atoms with Gasteiger partial charge in [0, 0.05) is 12.2 Å². The first kappa shape index (κ1) is 6.79. The predicted octanol–water partition coefficient (Wildman–Crippen LogP) is 0.330. The zero-order valence-corrected chi connectivity index (χ0v) is 6.35. The van der Waals surface area contributed by atoms with E-state index in [2.05, 4.69) is 10.3 Å². The fourth-order valence-corrected chi connectivity index (χ4v) is 1.69. The molecule has 60 valence electrons. The molecule has 0 radical (unpaired) electrons. The first-order valence-corrected chi connectivity index (χ1v) is 3.99. The van der Waals surface area contributed by atoms with E-state index < -0.39 is 0 Å². The van der Waals surface area contributed by atoms with Crippen molar-refractivity contribution in [3.8, 4) is 0 Å². The Morgan fingerprint density at radius 2 is 2.36 bits per heavy atom. The van der Waals surface area contributed by atoms with Crippen LogP contribution in [0.15, 0.2) is 12.4 Å². The predicted molar refractivity (Wildman–Crippen MR) is 40.9 cm³/mol. The van der Waals surface area contributed by atoms with Crippen LogP contribution >= 0.6 is 0 Å². The lowest BCUT2D eigenvalue weighted by Crippen LogP contribution is -2.27. The molecule has 1 aromatic rings. The second kappa shape index (κ2) is 2.62. The van der Waals surface area contributed by atoms with Crippen LogP contribution in [0.25, 0.3) is 0 Å². The van der Waals surface area contributed by atoms with E-state index in [0.717, 1.165) is 12.8 Å². The van der Waals surface area contributed by atoms with Crippen LogP contribution in [0, 0.1) is 0 Å². The van der Waals surface area contributed by atoms with Crippen molar-refractivity contribution in [2.45, 2.75) is 31.3 Å². The third-order valence-electron chi connectivity index (χ3n) is 2.31. The number of nitrogens with zero attached hydrogens (tertiary/aromatic N) is 3. The molecule has 0 bridgehead atoms. The van der Waals surface area contributed by atoms with E-state index in [1.807, 2.05) is 10.9 Å². The van der Waals surface area contributed by atoms with Crippen molar-refractivity contribution < 1.29 is 0 Å². The molecule has 0 amide bonds. The van der Waals surface area contributed by atoms with Crippen LogP contribution in [0.2, 0.25) is 0 Å². The molecule has 0 aliphatic heterocycles. The van der Waals surface area contributed by atoms with Gasteiger partial charge in [-0.05, 0) is 19.3 Å². The van der Waals surface area contributed by atoms with E-state index in [9.17, 15) is 0 Å². The van der Waals surface area contributed by atoms with Gasteiger partial charge in [-0.25, -0.2) is 4.68 Å². The maximum atomic E-state index is 5.88. The monoisotopic (exact) mass is 152 g/mol. The van der Waals surface area contributed by atoms with E-state index in [-0.39, 0.29) is 6.04 Å². The summed E-state index contributed by atoms with van der Waals surface area (Å²) < 4.78 is 1.87. The Hall–Kier alpha value is -0.900. The Labute approximate surface area is 65.4 Å². The van der Waals surface area contributed by atoms with Crippen molar-refractivity contribution in [2.24, 2.45) is 5.73 Å². The van der Waals surface area contributed by atoms with Gasteiger partial charge in [-0.2, -0.15) is 0 Å². The van der Waals surface area contributed by atoms with E-state index in [1.54, 1.807) is 6.20 Å². The van der Waals surface area contributed by atoms with E-state index in [1.165, 1.54) is 6.42 Å². The molecule has 0 saturated heterocycles. The number of hydrogen-bond acceptors (Lipinski definition) is 3. The molecule has 0 unspecified atom stereocenters. The van der Waals surface area contributed by atoms with Gasteiger partial charge in [-0.15, -0.1) is 5.10 Å². The highest BCUT2D eigenvalue weighted by Crippen LogP contribution is 2.27. The minimum Gasteiger partial charge on any atom is -0.326 e. The standard InChI is InChI=1S/C7H12N4/c8-6-2-1-3-7(6)11-5-4-9-10-11/h4-7H,1-3,8H2/t6-,7+/m1/s1. The maximum absolute atomic E-state index is 5.88. The van der Waals surface area contributed by atoms with Crippen LogP contribution in [-0.2, 0) is 0 Å². The molecule has 1 aliphatic carbocycles. The summed E-state index contributed by atoms with van der Waals surface area (Å²) in [5, 5.41) is 7.69. The third-order valence-corrected chi connectivity index (χ3v) is 2.31. The van der Waals surface area contributed by atoms with Crippen molar-refractivity contribution in [3.05, 3.63) is 12.4 Å². The van der Waals surface area contributed by atoms with Gasteiger partial charge in [0.05, 0.1) is 12.2 Å². The summed E-state index contributed by atoms with van der Waals surface area (Å²) in [6, 6.07) is 0.661. The zero-order chi connectivity index (χ0) is 7.68. The van der Waals surface area contributed by atoms with Crippen LogP contribution in [0.3, 0.4) is 0 Å². The van der Waals surface area contributed by atoms with Gasteiger partial charge in [0.25, 0.3) is 0 Å². The molecular weight excluding hydrogens is 140 g/mol. The number of hydrogen-bond donors (Lipinski definition) is 1. The Morgan fingerprint density at radius 3 is 2.91 bits per heavy atom. The molecule has 1 saturated carbocycles. The fourth-order valence-electron chi connectivity index (χ4n) is 1.69. The third kappa shape index (κ3) is 1.14. The van der Waals surface area contributed by atoms with Crippen molar-refractivity contribution >= 4 is 0 Å². The second-order valence-electron chi connectivity index (χ2n) is 3.05. The molecule has 2 rings (SSSR count). The highest BCUT2D eigenvalue weighted by Gasteiger charge is 2.25. The van der Waals surface area contributed by atoms with Gasteiger partial charge in [0.2, 0.25) is 0 Å². The molecule has 4 heteroatoms. The summed E-state index contributed by atoms with van der Waals surface area (Å²) in [5.41, 5.74) is 5.88. The minimum atomic E-state index is 0.275. The Kier molecular flexibility index (Phi) is 1.62. The van der Waals surface area contributed by atoms with Gasteiger partial charge < -0.3 is 5.73 Å². The molecule has 4 nitrogen and oxygen atoms in total. The van der Waals surface area contributed by atoms with E-state index in [4.69, 9.17) is 5.73 Å². The zero-order valence-electron chi connectivity index (χ0n) is 6.35. The molecule has 1 fully saturated rings. The van der Waals surface area contributed by atoms with Gasteiger partial charge >= 0.3 is 0 Å². The van der Waals surface area contributed by atoms with Crippen molar-refractivity contribution in [2.75, 3.05) is 0 Å². The Balaban J connectivity index is 2.16. The van der Waals surface area contributed by atoms with Crippen LogP contribution in [0.4, 0.5) is 0 Å². The lowest BCUT2D eigenvalue weighted by atomic mass is 10.2. The average Bonchev–Trinajstić information content (AvgIpc) is 2.55. The van der Waals surface area contributed by atoms with Crippen LogP contribution in [0.5, 0.6) is 0 Å². The Morgan fingerprint density at radius 1 is 1.45 bits per heavy atom. The Bertz CT molecular complexity index is 218. The van der Waals surface area contributed by atoms with Crippen molar-refractivity contribution in [1.82, 2.24) is 15.0 Å². The quantitative estimate of drug-likeness (QED) is 0.631. The molecule has 2 atom stereocenters. The highest BCUT2D eigenvalue weighted by molar-refractivity contribution is 4.85. The van der Waals surface area contributed by atoms with Crippen LogP contribution in [-0.4, -0.2) is 21.0 Å². The minimum absolute atomic E-state index is 0.275. The summed E-state index contributed by atoms with van der Waals surface area (Å²) in [4.78, 5) is 0. The lowest BCUT2D eigenvalue weighted by Gasteiger charge is -2.13. The number of rotatable bonds is 1. The maximum Gasteiger partial charge on any atom is 0.0693 e. The smallest absolute Gasteiger partial charge is 0.0693 e. The molecule has 2 N–H and O–H groups in total. The topological polar surface area (TPSA) is 56.7 Å². The molecule has 0 spiro atoms. The summed E-state index contributed by atoms with van der Waals surface area (Å²) in [6.45, 7) is 0. The molecular formula is C7H12N4. The average molecular weight is 152 g/mol. The first-order valence-electron chi connectivity index (χ1n) is 3.99.